The molecular weight excluding hydrogens is 381 g/mol. The molecule has 30 heavy (non-hydrogen) atoms. The van der Waals surface area contributed by atoms with E-state index < -0.39 is 0 Å². The van der Waals surface area contributed by atoms with E-state index in [1.54, 1.807) is 48.3 Å². The Morgan fingerprint density at radius 1 is 1.23 bits per heavy atom. The largest absolute Gasteiger partial charge is 0.357 e. The molecule has 2 aromatic heterocycles. The van der Waals surface area contributed by atoms with E-state index in [0.29, 0.717) is 23.9 Å². The van der Waals surface area contributed by atoms with Crippen LogP contribution < -0.4 is 15.8 Å². The fourth-order valence-electron chi connectivity index (χ4n) is 3.76. The van der Waals surface area contributed by atoms with Crippen molar-refractivity contribution in [2.45, 2.75) is 12.8 Å². The van der Waals surface area contributed by atoms with Crippen LogP contribution in [0.25, 0.3) is 11.3 Å². The van der Waals surface area contributed by atoms with Crippen LogP contribution in [0, 0.1) is 11.7 Å². The summed E-state index contributed by atoms with van der Waals surface area (Å²) in [5, 5.41) is 3.12. The predicted molar refractivity (Wildman–Crippen MR) is 117 cm³/mol. The first-order valence-electron chi connectivity index (χ1n) is 9.96. The van der Waals surface area contributed by atoms with Crippen molar-refractivity contribution in [2.24, 2.45) is 13.0 Å². The molecule has 1 aliphatic heterocycles. The summed E-state index contributed by atoms with van der Waals surface area (Å²) < 4.78 is 15.6. The van der Waals surface area contributed by atoms with Crippen LogP contribution >= 0.6 is 0 Å². The van der Waals surface area contributed by atoms with Gasteiger partial charge in [0.1, 0.15) is 5.82 Å². The summed E-state index contributed by atoms with van der Waals surface area (Å²) >= 11 is 0. The summed E-state index contributed by atoms with van der Waals surface area (Å²) in [6, 6.07) is 11.8. The van der Waals surface area contributed by atoms with E-state index in [0.717, 1.165) is 30.6 Å². The molecular formula is C23H24FN5O. The van der Waals surface area contributed by atoms with E-state index in [1.165, 1.54) is 6.07 Å². The molecule has 1 aliphatic rings. The van der Waals surface area contributed by atoms with Crippen LogP contribution in [0.5, 0.6) is 0 Å². The molecule has 3 heterocycles. The number of rotatable bonds is 5. The van der Waals surface area contributed by atoms with Gasteiger partial charge in [0.2, 0.25) is 5.95 Å². The standard InChI is InChI=1S/C23H24FN5O/c1-16(26-20-8-4-3-7-19(20)24)18-6-5-13-29(15-18)23-27-21(14-22(30)28(23)2)17-9-11-25-12-10-17/h3-4,7-12,14,18,26H,1,5-6,13,15H2,2H3. The Kier molecular flexibility index (Phi) is 5.61. The summed E-state index contributed by atoms with van der Waals surface area (Å²) in [4.78, 5) is 23.5. The molecule has 4 rings (SSSR count). The van der Waals surface area contributed by atoms with Gasteiger partial charge in [-0.2, -0.15) is 0 Å². The van der Waals surface area contributed by atoms with E-state index in [9.17, 15) is 9.18 Å². The van der Waals surface area contributed by atoms with Gasteiger partial charge >= 0.3 is 0 Å². The van der Waals surface area contributed by atoms with Gasteiger partial charge < -0.3 is 10.2 Å². The van der Waals surface area contributed by atoms with Crippen LogP contribution in [0.2, 0.25) is 0 Å². The van der Waals surface area contributed by atoms with Gasteiger partial charge in [-0.05, 0) is 37.1 Å². The van der Waals surface area contributed by atoms with Crippen molar-refractivity contribution >= 4 is 11.6 Å². The Hall–Kier alpha value is -3.48. The number of nitrogens with one attached hydrogen (secondary N) is 1. The SMILES string of the molecule is C=C(Nc1ccccc1F)C1CCCN(c2nc(-c3ccncc3)cc(=O)n2C)C1. The number of aromatic nitrogens is 3. The molecule has 0 bridgehead atoms. The summed E-state index contributed by atoms with van der Waals surface area (Å²) in [6.45, 7) is 5.60. The quantitative estimate of drug-likeness (QED) is 0.699. The lowest BCUT2D eigenvalue weighted by Gasteiger charge is -2.35. The molecule has 1 saturated heterocycles. The van der Waals surface area contributed by atoms with Gasteiger partial charge in [0.15, 0.2) is 0 Å². The highest BCUT2D eigenvalue weighted by atomic mass is 19.1. The zero-order chi connectivity index (χ0) is 21.1. The monoisotopic (exact) mass is 405 g/mol. The lowest BCUT2D eigenvalue weighted by molar-refractivity contribution is 0.458. The van der Waals surface area contributed by atoms with E-state index in [1.807, 2.05) is 12.1 Å². The first kappa shape index (κ1) is 19.8. The molecule has 0 saturated carbocycles. The van der Waals surface area contributed by atoms with Crippen LogP contribution in [0.15, 0.2) is 71.9 Å². The number of anilines is 2. The number of benzene rings is 1. The van der Waals surface area contributed by atoms with E-state index in [4.69, 9.17) is 4.98 Å². The van der Waals surface area contributed by atoms with Gasteiger partial charge in [-0.3, -0.25) is 14.3 Å². The van der Waals surface area contributed by atoms with Gasteiger partial charge in [-0.1, -0.05) is 18.7 Å². The highest BCUT2D eigenvalue weighted by Crippen LogP contribution is 2.28. The van der Waals surface area contributed by atoms with Crippen molar-refractivity contribution in [3.63, 3.8) is 0 Å². The third-order valence-corrected chi connectivity index (χ3v) is 5.45. The Morgan fingerprint density at radius 2 is 2.00 bits per heavy atom. The average Bonchev–Trinajstić information content (AvgIpc) is 2.78. The Balaban J connectivity index is 1.57. The zero-order valence-electron chi connectivity index (χ0n) is 16.9. The molecule has 1 unspecified atom stereocenters. The highest BCUT2D eigenvalue weighted by Gasteiger charge is 2.25. The van der Waals surface area contributed by atoms with Gasteiger partial charge in [-0.25, -0.2) is 9.37 Å². The van der Waals surface area contributed by atoms with Crippen molar-refractivity contribution in [3.8, 4) is 11.3 Å². The smallest absolute Gasteiger partial charge is 0.255 e. The van der Waals surface area contributed by atoms with Crippen LogP contribution in [0.1, 0.15) is 12.8 Å². The van der Waals surface area contributed by atoms with Crippen LogP contribution in [-0.2, 0) is 7.05 Å². The van der Waals surface area contributed by atoms with Crippen molar-refractivity contribution in [1.29, 1.82) is 0 Å². The maximum Gasteiger partial charge on any atom is 0.255 e. The number of hydrogen-bond acceptors (Lipinski definition) is 5. The summed E-state index contributed by atoms with van der Waals surface area (Å²) in [6.07, 6.45) is 5.24. The first-order valence-corrected chi connectivity index (χ1v) is 9.96. The summed E-state index contributed by atoms with van der Waals surface area (Å²) in [7, 11) is 1.73. The number of nitrogens with zero attached hydrogens (tertiary/aromatic N) is 4. The van der Waals surface area contributed by atoms with Crippen LogP contribution in [-0.4, -0.2) is 27.6 Å². The molecule has 0 radical (unpaired) electrons. The second kappa shape index (κ2) is 8.49. The number of hydrogen-bond donors (Lipinski definition) is 1. The number of para-hydroxylation sites is 1. The third-order valence-electron chi connectivity index (χ3n) is 5.45. The maximum absolute atomic E-state index is 14.0. The molecule has 154 valence electrons. The Labute approximate surface area is 174 Å². The Bertz CT molecular complexity index is 1110. The van der Waals surface area contributed by atoms with Gasteiger partial charge in [-0.15, -0.1) is 0 Å². The minimum Gasteiger partial charge on any atom is -0.357 e. The molecule has 6 nitrogen and oxygen atoms in total. The van der Waals surface area contributed by atoms with Gasteiger partial charge in [0, 0.05) is 55.8 Å². The summed E-state index contributed by atoms with van der Waals surface area (Å²) in [5.41, 5.74) is 2.55. The zero-order valence-corrected chi connectivity index (χ0v) is 16.9. The minimum absolute atomic E-state index is 0.111. The lowest BCUT2D eigenvalue weighted by atomic mass is 9.95. The second-order valence-corrected chi connectivity index (χ2v) is 7.49. The number of pyridine rings is 1. The van der Waals surface area contributed by atoms with Gasteiger partial charge in [0.25, 0.3) is 5.56 Å². The first-order chi connectivity index (χ1) is 14.5. The average molecular weight is 405 g/mol. The van der Waals surface area contributed by atoms with Crippen LogP contribution in [0.4, 0.5) is 16.0 Å². The molecule has 0 spiro atoms. The van der Waals surface area contributed by atoms with E-state index >= 15 is 0 Å². The number of halogens is 1. The normalized spacial score (nSPS) is 16.3. The van der Waals surface area contributed by atoms with Crippen molar-refractivity contribution in [2.75, 3.05) is 23.3 Å². The lowest BCUT2D eigenvalue weighted by Crippen LogP contribution is -2.40. The predicted octanol–water partition coefficient (Wildman–Crippen LogP) is 3.82. The molecule has 7 heteroatoms. The van der Waals surface area contributed by atoms with Crippen molar-refractivity contribution in [1.82, 2.24) is 14.5 Å². The molecule has 0 aliphatic carbocycles. The third kappa shape index (κ3) is 4.10. The molecule has 0 amide bonds. The molecule has 3 aromatic rings. The topological polar surface area (TPSA) is 63.0 Å². The summed E-state index contributed by atoms with van der Waals surface area (Å²) in [5.74, 6) is 0.429. The van der Waals surface area contributed by atoms with Crippen molar-refractivity contribution in [3.05, 3.63) is 83.3 Å². The minimum atomic E-state index is -0.305. The second-order valence-electron chi connectivity index (χ2n) is 7.49. The highest BCUT2D eigenvalue weighted by molar-refractivity contribution is 5.59. The Morgan fingerprint density at radius 3 is 2.77 bits per heavy atom. The van der Waals surface area contributed by atoms with Crippen LogP contribution in [0.3, 0.4) is 0 Å². The molecule has 1 aromatic carbocycles. The molecule has 1 atom stereocenters. The van der Waals surface area contributed by atoms with Gasteiger partial charge in [0.05, 0.1) is 11.4 Å². The van der Waals surface area contributed by atoms with Crippen molar-refractivity contribution < 1.29 is 4.39 Å². The fourth-order valence-corrected chi connectivity index (χ4v) is 3.76. The maximum atomic E-state index is 14.0. The number of piperidine rings is 1. The van der Waals surface area contributed by atoms with E-state index in [2.05, 4.69) is 21.8 Å². The molecule has 1 fully saturated rings. The fraction of sp³-hybridized carbons (Fsp3) is 0.261. The van der Waals surface area contributed by atoms with E-state index in [-0.39, 0.29) is 17.3 Å². The molecule has 1 N–H and O–H groups in total.